The van der Waals surface area contributed by atoms with Crippen molar-refractivity contribution in [2.24, 2.45) is 5.92 Å². The molecular formula is C19H32N2O6. The number of carbonyl (C=O) groups is 3. The summed E-state index contributed by atoms with van der Waals surface area (Å²) >= 11 is 0. The molecule has 8 heteroatoms. The molecule has 1 aliphatic heterocycles. The maximum atomic E-state index is 13.1. The molecule has 2 N–H and O–H groups in total. The minimum atomic E-state index is -0.935. The predicted molar refractivity (Wildman–Crippen MR) is 97.9 cm³/mol. The lowest BCUT2D eigenvalue weighted by molar-refractivity contribution is -0.152. The van der Waals surface area contributed by atoms with Crippen molar-refractivity contribution in [1.29, 1.82) is 0 Å². The first-order chi connectivity index (χ1) is 12.6. The molecule has 4 unspecified atom stereocenters. The largest absolute Gasteiger partial charge is 0.465 e. The summed E-state index contributed by atoms with van der Waals surface area (Å²) < 4.78 is 10.3. The summed E-state index contributed by atoms with van der Waals surface area (Å²) in [5, 5.41) is 13.3. The highest BCUT2D eigenvalue weighted by Gasteiger charge is 2.45. The molecule has 0 aromatic rings. The van der Waals surface area contributed by atoms with Crippen LogP contribution in [-0.2, 0) is 19.1 Å². The first kappa shape index (κ1) is 21.5. The minimum Gasteiger partial charge on any atom is -0.465 e. The van der Waals surface area contributed by atoms with Crippen LogP contribution in [0, 0.1) is 5.92 Å². The highest BCUT2D eigenvalue weighted by atomic mass is 16.6. The van der Waals surface area contributed by atoms with Crippen molar-refractivity contribution >= 4 is 18.0 Å². The lowest BCUT2D eigenvalue weighted by Crippen LogP contribution is -2.53. The Morgan fingerprint density at radius 3 is 2.56 bits per heavy atom. The van der Waals surface area contributed by atoms with Crippen molar-refractivity contribution in [3.63, 3.8) is 0 Å². The molecule has 1 aliphatic carbocycles. The zero-order chi connectivity index (χ0) is 20.2. The zero-order valence-corrected chi connectivity index (χ0v) is 16.7. The molecule has 27 heavy (non-hydrogen) atoms. The van der Waals surface area contributed by atoms with E-state index in [0.29, 0.717) is 0 Å². The molecule has 2 aliphatic rings. The summed E-state index contributed by atoms with van der Waals surface area (Å²) in [6.07, 6.45) is 2.09. The molecular weight excluding hydrogens is 352 g/mol. The molecule has 0 spiro atoms. The van der Waals surface area contributed by atoms with Crippen molar-refractivity contribution in [1.82, 2.24) is 10.2 Å². The third-order valence-electron chi connectivity index (χ3n) is 5.03. The van der Waals surface area contributed by atoms with Crippen LogP contribution in [0.3, 0.4) is 0 Å². The highest BCUT2D eigenvalue weighted by molar-refractivity contribution is 5.89. The Morgan fingerprint density at radius 2 is 1.93 bits per heavy atom. The number of esters is 1. The second kappa shape index (κ2) is 8.91. The molecule has 2 amide bonds. The van der Waals surface area contributed by atoms with E-state index in [4.69, 9.17) is 9.47 Å². The number of fused-ring (bicyclic) bond motifs is 1. The number of nitrogens with one attached hydrogen (secondary N) is 1. The molecule has 154 valence electrons. The Balaban J connectivity index is 2.21. The molecule has 0 aromatic heterocycles. The molecule has 0 radical (unpaired) electrons. The van der Waals surface area contributed by atoms with Crippen LogP contribution in [0.5, 0.6) is 0 Å². The molecule has 0 aromatic carbocycles. The molecule has 1 heterocycles. The first-order valence-electron chi connectivity index (χ1n) is 9.76. The summed E-state index contributed by atoms with van der Waals surface area (Å²) in [6, 6.07) is -1.16. The molecule has 0 bridgehead atoms. The van der Waals surface area contributed by atoms with Crippen molar-refractivity contribution in [3.8, 4) is 0 Å². The average Bonchev–Trinajstić information content (AvgIpc) is 2.65. The smallest absolute Gasteiger partial charge is 0.408 e. The monoisotopic (exact) mass is 384 g/mol. The lowest BCUT2D eigenvalue weighted by atomic mass is 9.80. The van der Waals surface area contributed by atoms with E-state index < -0.39 is 29.8 Å². The van der Waals surface area contributed by atoms with Gasteiger partial charge in [0.2, 0.25) is 5.91 Å². The number of likely N-dealkylation sites (tertiary alicyclic amines) is 1. The normalized spacial score (nSPS) is 28.8. The quantitative estimate of drug-likeness (QED) is 0.713. The molecule has 4 atom stereocenters. The number of hydrogen-bond donors (Lipinski definition) is 2. The number of amides is 2. The molecule has 2 fully saturated rings. The van der Waals surface area contributed by atoms with Gasteiger partial charge in [0.1, 0.15) is 18.2 Å². The number of rotatable bonds is 4. The van der Waals surface area contributed by atoms with Crippen LogP contribution in [0.1, 0.15) is 59.8 Å². The zero-order valence-electron chi connectivity index (χ0n) is 16.7. The van der Waals surface area contributed by atoms with Gasteiger partial charge in [-0.3, -0.25) is 9.59 Å². The Kier molecular flexibility index (Phi) is 7.08. The van der Waals surface area contributed by atoms with E-state index in [2.05, 4.69) is 5.32 Å². The second-order valence-corrected chi connectivity index (χ2v) is 8.29. The molecule has 1 saturated heterocycles. The minimum absolute atomic E-state index is 0.109. The molecule has 8 nitrogen and oxygen atoms in total. The third kappa shape index (κ3) is 5.82. The second-order valence-electron chi connectivity index (χ2n) is 8.29. The van der Waals surface area contributed by atoms with Crippen molar-refractivity contribution in [2.75, 3.05) is 13.2 Å². The number of hydrogen-bond acceptors (Lipinski definition) is 6. The SMILES string of the molecule is CCOC(=O)CN1C(=O)C(NC(=O)OC(C)(C)C)CC(O)C2CCCCC21. The lowest BCUT2D eigenvalue weighted by Gasteiger charge is -2.39. The van der Waals surface area contributed by atoms with Gasteiger partial charge in [-0.1, -0.05) is 12.8 Å². The summed E-state index contributed by atoms with van der Waals surface area (Å²) in [5.41, 5.74) is -0.699. The van der Waals surface area contributed by atoms with Crippen molar-refractivity contribution in [3.05, 3.63) is 0 Å². The molecule has 2 rings (SSSR count). The van der Waals surface area contributed by atoms with Gasteiger partial charge in [0.05, 0.1) is 12.7 Å². The Hall–Kier alpha value is -1.83. The summed E-state index contributed by atoms with van der Waals surface area (Å²) in [6.45, 7) is 6.97. The van der Waals surface area contributed by atoms with Crippen molar-refractivity contribution in [2.45, 2.75) is 83.6 Å². The van der Waals surface area contributed by atoms with E-state index in [1.165, 1.54) is 4.90 Å². The van der Waals surface area contributed by atoms with Crippen LogP contribution in [-0.4, -0.2) is 64.9 Å². The van der Waals surface area contributed by atoms with E-state index >= 15 is 0 Å². The van der Waals surface area contributed by atoms with E-state index in [9.17, 15) is 19.5 Å². The third-order valence-corrected chi connectivity index (χ3v) is 5.03. The maximum Gasteiger partial charge on any atom is 0.408 e. The van der Waals surface area contributed by atoms with E-state index in [1.807, 2.05) is 0 Å². The van der Waals surface area contributed by atoms with Crippen LogP contribution in [0.4, 0.5) is 4.79 Å². The van der Waals surface area contributed by atoms with Crippen LogP contribution in [0.2, 0.25) is 0 Å². The summed E-state index contributed by atoms with van der Waals surface area (Å²) in [4.78, 5) is 38.8. The standard InChI is InChI=1S/C19H32N2O6/c1-5-26-16(23)11-21-14-9-7-6-8-12(14)15(22)10-13(17(21)24)20-18(25)27-19(2,3)4/h12-15,22H,5-11H2,1-4H3,(H,20,25). The maximum absolute atomic E-state index is 13.1. The highest BCUT2D eigenvalue weighted by Crippen LogP contribution is 2.35. The van der Waals surface area contributed by atoms with Gasteiger partial charge >= 0.3 is 12.1 Å². The van der Waals surface area contributed by atoms with Crippen LogP contribution >= 0.6 is 0 Å². The number of aliphatic hydroxyl groups is 1. The van der Waals surface area contributed by atoms with Gasteiger partial charge in [-0.2, -0.15) is 0 Å². The fourth-order valence-electron chi connectivity index (χ4n) is 3.97. The van der Waals surface area contributed by atoms with Crippen molar-refractivity contribution < 1.29 is 29.0 Å². The van der Waals surface area contributed by atoms with E-state index in [1.54, 1.807) is 27.7 Å². The van der Waals surface area contributed by atoms with E-state index in [-0.39, 0.29) is 37.4 Å². The van der Waals surface area contributed by atoms with Gasteiger partial charge < -0.3 is 24.8 Å². The topological polar surface area (TPSA) is 105 Å². The number of nitrogens with zero attached hydrogens (tertiary/aromatic N) is 1. The van der Waals surface area contributed by atoms with Gasteiger partial charge in [-0.25, -0.2) is 4.79 Å². The average molecular weight is 384 g/mol. The van der Waals surface area contributed by atoms with Gasteiger partial charge in [0, 0.05) is 18.4 Å². The fraction of sp³-hybridized carbons (Fsp3) is 0.842. The Labute approximate surface area is 160 Å². The Morgan fingerprint density at radius 1 is 1.26 bits per heavy atom. The predicted octanol–water partition coefficient (Wildman–Crippen LogP) is 1.59. The summed E-state index contributed by atoms with van der Waals surface area (Å²) in [5.74, 6) is -0.965. The molecule has 1 saturated carbocycles. The van der Waals surface area contributed by atoms with Gasteiger partial charge in [0.15, 0.2) is 0 Å². The number of ether oxygens (including phenoxy) is 2. The van der Waals surface area contributed by atoms with Gasteiger partial charge in [-0.15, -0.1) is 0 Å². The summed E-state index contributed by atoms with van der Waals surface area (Å²) in [7, 11) is 0. The van der Waals surface area contributed by atoms with Gasteiger partial charge in [0.25, 0.3) is 0 Å². The number of carbonyl (C=O) groups excluding carboxylic acids is 3. The number of alkyl carbamates (subject to hydrolysis) is 1. The fourth-order valence-corrected chi connectivity index (χ4v) is 3.97. The first-order valence-corrected chi connectivity index (χ1v) is 9.76. The number of aliphatic hydroxyl groups excluding tert-OH is 1. The van der Waals surface area contributed by atoms with E-state index in [0.717, 1.165) is 25.7 Å². The Bertz CT molecular complexity index is 559. The van der Waals surface area contributed by atoms with Crippen LogP contribution < -0.4 is 5.32 Å². The van der Waals surface area contributed by atoms with Crippen LogP contribution in [0.15, 0.2) is 0 Å². The van der Waals surface area contributed by atoms with Crippen LogP contribution in [0.25, 0.3) is 0 Å². The van der Waals surface area contributed by atoms with Gasteiger partial charge in [-0.05, 0) is 40.5 Å².